The third kappa shape index (κ3) is 6.51. The zero-order valence-electron chi connectivity index (χ0n) is 19.1. The molecule has 5 nitrogen and oxygen atoms in total. The minimum Gasteiger partial charge on any atom is -0.462 e. The van der Waals surface area contributed by atoms with E-state index in [-0.39, 0.29) is 22.5 Å². The van der Waals surface area contributed by atoms with E-state index in [0.29, 0.717) is 22.4 Å². The number of carbonyl (C=O) groups excluding carboxylic acids is 2. The monoisotopic (exact) mass is 476 g/mol. The molecule has 0 aromatic heterocycles. The lowest BCUT2D eigenvalue weighted by atomic mass is 9.99. The van der Waals surface area contributed by atoms with Crippen LogP contribution in [-0.4, -0.2) is 11.9 Å². The van der Waals surface area contributed by atoms with Gasteiger partial charge in [-0.05, 0) is 55.3 Å². The summed E-state index contributed by atoms with van der Waals surface area (Å²) in [6, 6.07) is 14.8. The molecule has 0 fully saturated rings. The lowest BCUT2D eigenvalue weighted by Crippen LogP contribution is -2.08. The zero-order valence-corrected chi connectivity index (χ0v) is 19.1. The van der Waals surface area contributed by atoms with E-state index >= 15 is 0 Å². The second-order valence-corrected chi connectivity index (χ2v) is 7.61. The van der Waals surface area contributed by atoms with Crippen molar-refractivity contribution in [1.29, 1.82) is 0 Å². The molecule has 178 valence electrons. The Morgan fingerprint density at radius 1 is 0.714 bits per heavy atom. The molecule has 0 saturated carbocycles. The molecule has 0 saturated heterocycles. The first-order valence-electron chi connectivity index (χ1n) is 10.4. The summed E-state index contributed by atoms with van der Waals surface area (Å²) in [6.07, 6.45) is 2.30. The van der Waals surface area contributed by atoms with Crippen LogP contribution < -0.4 is 9.47 Å². The average Bonchev–Trinajstić information content (AvgIpc) is 2.82. The third-order valence-corrected chi connectivity index (χ3v) is 4.73. The summed E-state index contributed by atoms with van der Waals surface area (Å²) in [5, 5.41) is 0. The van der Waals surface area contributed by atoms with Crippen LogP contribution in [0.15, 0.2) is 97.5 Å². The Balaban J connectivity index is 1.72. The number of hydrogen-bond acceptors (Lipinski definition) is 5. The Morgan fingerprint density at radius 3 is 1.86 bits per heavy atom. The number of esters is 2. The molecule has 3 aromatic rings. The number of rotatable bonds is 8. The molecule has 3 aromatic carbocycles. The number of benzene rings is 3. The summed E-state index contributed by atoms with van der Waals surface area (Å²) in [5.74, 6) is -1.95. The standard InChI is InChI=1S/C28H22F2O5/c1-17(2)27(31)34-14-13-33-21-8-5-19(6-9-21)23-11-7-20(15-25(23)29)24-12-10-22(16-26(24)30)35-28(32)18(3)4/h5-16H,1,3H2,2,4H3/b14-13-. The van der Waals surface area contributed by atoms with Gasteiger partial charge in [-0.2, -0.15) is 0 Å². The highest BCUT2D eigenvalue weighted by molar-refractivity contribution is 5.89. The number of halogens is 2. The molecule has 0 heterocycles. The topological polar surface area (TPSA) is 61.8 Å². The van der Waals surface area contributed by atoms with Gasteiger partial charge in [0.05, 0.1) is 0 Å². The van der Waals surface area contributed by atoms with Gasteiger partial charge in [0.25, 0.3) is 0 Å². The molecular formula is C28H22F2O5. The molecule has 0 bridgehead atoms. The Kier molecular flexibility index (Phi) is 7.94. The van der Waals surface area contributed by atoms with Crippen LogP contribution >= 0.6 is 0 Å². The van der Waals surface area contributed by atoms with Crippen LogP contribution in [0.1, 0.15) is 13.8 Å². The van der Waals surface area contributed by atoms with E-state index in [1.807, 2.05) is 0 Å². The normalized spacial score (nSPS) is 10.6. The first-order valence-corrected chi connectivity index (χ1v) is 10.4. The highest BCUT2D eigenvalue weighted by Crippen LogP contribution is 2.31. The zero-order chi connectivity index (χ0) is 25.5. The van der Waals surface area contributed by atoms with Gasteiger partial charge in [0, 0.05) is 28.3 Å². The molecule has 35 heavy (non-hydrogen) atoms. The summed E-state index contributed by atoms with van der Waals surface area (Å²) in [7, 11) is 0. The molecule has 0 aliphatic carbocycles. The molecule has 0 N–H and O–H groups in total. The van der Waals surface area contributed by atoms with Crippen molar-refractivity contribution in [1.82, 2.24) is 0 Å². The molecule has 0 atom stereocenters. The van der Waals surface area contributed by atoms with Gasteiger partial charge in [-0.15, -0.1) is 0 Å². The third-order valence-electron chi connectivity index (χ3n) is 4.73. The van der Waals surface area contributed by atoms with E-state index in [0.717, 1.165) is 12.3 Å². The molecule has 0 spiro atoms. The smallest absolute Gasteiger partial charge is 0.338 e. The Bertz CT molecular complexity index is 1320. The van der Waals surface area contributed by atoms with Crippen LogP contribution in [0.5, 0.6) is 11.5 Å². The quantitative estimate of drug-likeness (QED) is 0.156. The summed E-state index contributed by atoms with van der Waals surface area (Å²) in [6.45, 7) is 9.95. The van der Waals surface area contributed by atoms with E-state index in [1.165, 1.54) is 38.3 Å². The first kappa shape index (κ1) is 25.1. The Hall–Kier alpha value is -4.52. The van der Waals surface area contributed by atoms with Gasteiger partial charge in [-0.3, -0.25) is 0 Å². The van der Waals surface area contributed by atoms with Crippen LogP contribution in [0.3, 0.4) is 0 Å². The molecule has 0 amide bonds. The molecule has 3 rings (SSSR count). The van der Waals surface area contributed by atoms with Gasteiger partial charge >= 0.3 is 11.9 Å². The van der Waals surface area contributed by atoms with Gasteiger partial charge in [0.2, 0.25) is 0 Å². The lowest BCUT2D eigenvalue weighted by molar-refractivity contribution is -0.133. The molecule has 0 unspecified atom stereocenters. The Morgan fingerprint density at radius 2 is 1.26 bits per heavy atom. The largest absolute Gasteiger partial charge is 0.462 e. The molecule has 0 radical (unpaired) electrons. The molecular weight excluding hydrogens is 454 g/mol. The number of hydrogen-bond donors (Lipinski definition) is 0. The predicted molar refractivity (Wildman–Crippen MR) is 128 cm³/mol. The van der Waals surface area contributed by atoms with Crippen LogP contribution in [-0.2, 0) is 14.3 Å². The van der Waals surface area contributed by atoms with Crippen molar-refractivity contribution < 1.29 is 32.6 Å². The van der Waals surface area contributed by atoms with Gasteiger partial charge in [0.1, 0.15) is 35.7 Å². The minimum atomic E-state index is -0.661. The predicted octanol–water partition coefficient (Wildman–Crippen LogP) is 6.75. The second kappa shape index (κ2) is 11.1. The average molecular weight is 476 g/mol. The maximum absolute atomic E-state index is 14.9. The Labute approximate surface area is 201 Å². The number of ether oxygens (including phenoxy) is 3. The van der Waals surface area contributed by atoms with Crippen molar-refractivity contribution in [2.24, 2.45) is 0 Å². The molecule has 0 aliphatic rings. The van der Waals surface area contributed by atoms with E-state index in [1.54, 1.807) is 36.4 Å². The van der Waals surface area contributed by atoms with Crippen molar-refractivity contribution in [3.05, 3.63) is 109 Å². The van der Waals surface area contributed by atoms with Gasteiger partial charge in [-0.25, -0.2) is 18.4 Å². The van der Waals surface area contributed by atoms with E-state index in [9.17, 15) is 18.4 Å². The maximum Gasteiger partial charge on any atom is 0.338 e. The summed E-state index contributed by atoms with van der Waals surface area (Å²) < 4.78 is 44.6. The van der Waals surface area contributed by atoms with E-state index in [4.69, 9.17) is 14.2 Å². The van der Waals surface area contributed by atoms with E-state index < -0.39 is 23.6 Å². The van der Waals surface area contributed by atoms with Crippen molar-refractivity contribution in [2.45, 2.75) is 13.8 Å². The number of carbonyl (C=O) groups is 2. The minimum absolute atomic E-state index is 0.0301. The van der Waals surface area contributed by atoms with Crippen molar-refractivity contribution in [2.75, 3.05) is 0 Å². The van der Waals surface area contributed by atoms with Crippen molar-refractivity contribution >= 4 is 11.9 Å². The SMILES string of the molecule is C=C(C)C(=O)O/C=C\Oc1ccc(-c2ccc(-c3ccc(OC(=O)C(=C)C)cc3F)cc2F)cc1. The fourth-order valence-corrected chi connectivity index (χ4v) is 2.91. The summed E-state index contributed by atoms with van der Waals surface area (Å²) >= 11 is 0. The van der Waals surface area contributed by atoms with Crippen LogP contribution in [0.25, 0.3) is 22.3 Å². The summed E-state index contributed by atoms with van der Waals surface area (Å²) in [5.41, 5.74) is 1.84. The van der Waals surface area contributed by atoms with Crippen LogP contribution in [0, 0.1) is 11.6 Å². The fraction of sp³-hybridized carbons (Fsp3) is 0.0714. The molecule has 7 heteroatoms. The highest BCUT2D eigenvalue weighted by Gasteiger charge is 2.13. The molecule has 0 aliphatic heterocycles. The van der Waals surface area contributed by atoms with Gasteiger partial charge in [0.15, 0.2) is 0 Å². The maximum atomic E-state index is 14.9. The highest BCUT2D eigenvalue weighted by atomic mass is 19.1. The van der Waals surface area contributed by atoms with Crippen LogP contribution in [0.2, 0.25) is 0 Å². The summed E-state index contributed by atoms with van der Waals surface area (Å²) in [4.78, 5) is 22.9. The van der Waals surface area contributed by atoms with Gasteiger partial charge < -0.3 is 14.2 Å². The van der Waals surface area contributed by atoms with E-state index in [2.05, 4.69) is 13.2 Å². The van der Waals surface area contributed by atoms with Crippen molar-refractivity contribution in [3.63, 3.8) is 0 Å². The van der Waals surface area contributed by atoms with Crippen LogP contribution in [0.4, 0.5) is 8.78 Å². The van der Waals surface area contributed by atoms with Crippen molar-refractivity contribution in [3.8, 4) is 33.8 Å². The fourth-order valence-electron chi connectivity index (χ4n) is 2.91. The van der Waals surface area contributed by atoms with Gasteiger partial charge in [-0.1, -0.05) is 37.4 Å². The second-order valence-electron chi connectivity index (χ2n) is 7.61. The first-order chi connectivity index (χ1) is 16.7. The lowest BCUT2D eigenvalue weighted by Gasteiger charge is -2.10.